The van der Waals surface area contributed by atoms with Gasteiger partial charge in [0.2, 0.25) is 0 Å². The first-order chi connectivity index (χ1) is 11.5. The van der Waals surface area contributed by atoms with E-state index >= 15 is 0 Å². The van der Waals surface area contributed by atoms with Gasteiger partial charge in [0.1, 0.15) is 12.1 Å². The van der Waals surface area contributed by atoms with Crippen LogP contribution in [0.2, 0.25) is 0 Å². The Morgan fingerprint density at radius 3 is 1.48 bits per heavy atom. The Kier molecular flexibility index (Phi) is 12.0. The number of hydroxylamine groups is 2. The van der Waals surface area contributed by atoms with Crippen molar-refractivity contribution in [3.05, 3.63) is 46.9 Å². The predicted molar refractivity (Wildman–Crippen MR) is 78.5 cm³/mol. The number of nitrogens with zero attached hydrogens (tertiary/aromatic N) is 2. The number of carbonyl (C=O) groups excluding carboxylic acids is 2. The number of nitrogens with two attached hydrogens (primary N) is 2. The normalized spacial score (nSPS) is 12.2. The third kappa shape index (κ3) is 8.92. The molecule has 132 valence electrons. The van der Waals surface area contributed by atoms with Crippen molar-refractivity contribution in [3.63, 3.8) is 0 Å². The maximum absolute atomic E-state index is 10.3. The molecule has 0 saturated heterocycles. The Balaban J connectivity index is 0.000000443. The zero-order chi connectivity index (χ0) is 17.9. The van der Waals surface area contributed by atoms with Gasteiger partial charge < -0.3 is 51.1 Å². The molecule has 2 aromatic heterocycles. The van der Waals surface area contributed by atoms with Gasteiger partial charge in [-0.05, 0) is 0 Å². The second-order valence-electron chi connectivity index (χ2n) is 4.69. The number of imidazole rings is 2. The number of carboxylic acid groups (broad SMARTS) is 2. The zero-order valence-corrected chi connectivity index (χ0v) is 15.3. The van der Waals surface area contributed by atoms with E-state index in [1.54, 1.807) is 0 Å². The molecule has 0 fully saturated rings. The van der Waals surface area contributed by atoms with E-state index in [4.69, 9.17) is 0 Å². The minimum atomic E-state index is -1.36. The Bertz CT molecular complexity index is 553. The summed E-state index contributed by atoms with van der Waals surface area (Å²) in [6, 6.07) is -2.18. The number of hydrogen-bond acceptors (Lipinski definition) is 8. The first-order valence-electron chi connectivity index (χ1n) is 6.74. The number of aliphatic carboxylic acids is 2. The van der Waals surface area contributed by atoms with E-state index in [0.717, 1.165) is 0 Å². The molecule has 2 atom stereocenters. The first-order valence-corrected chi connectivity index (χ1v) is 6.74. The van der Waals surface area contributed by atoms with E-state index in [1.807, 2.05) is 0 Å². The van der Waals surface area contributed by atoms with Crippen molar-refractivity contribution < 1.29 is 30.8 Å². The van der Waals surface area contributed by atoms with Crippen molar-refractivity contribution in [2.45, 2.75) is 24.9 Å². The standard InChI is InChI=1S/2C6H9N3O3.Ca/c2*10-6(11)5(9-12)1-4-2-7-3-8-4;/h2*2-3,5H,1,9H2,(H,7,8)(H,10,11);/q;;+2/p-2/t2*5-;/m00./s1. The van der Waals surface area contributed by atoms with Crippen LogP contribution < -0.4 is 21.2 Å². The monoisotopic (exact) mass is 380 g/mol. The van der Waals surface area contributed by atoms with Gasteiger partial charge in [0, 0.05) is 36.6 Å². The largest absolute Gasteiger partial charge is 2.00 e. The summed E-state index contributed by atoms with van der Waals surface area (Å²) in [4.78, 5) is 33.3. The van der Waals surface area contributed by atoms with Gasteiger partial charge in [-0.1, -0.05) is 0 Å². The zero-order valence-electron chi connectivity index (χ0n) is 13.1. The average molecular weight is 380 g/mol. The van der Waals surface area contributed by atoms with Crippen LogP contribution in [-0.4, -0.2) is 81.7 Å². The van der Waals surface area contributed by atoms with Crippen LogP contribution in [0.4, 0.5) is 0 Å². The van der Waals surface area contributed by atoms with E-state index in [-0.39, 0.29) is 50.6 Å². The van der Waals surface area contributed by atoms with Crippen molar-refractivity contribution >= 4 is 49.7 Å². The van der Waals surface area contributed by atoms with Crippen LogP contribution in [0.15, 0.2) is 25.0 Å². The average Bonchev–Trinajstić information content (AvgIpc) is 3.23. The molecule has 0 aliphatic rings. The van der Waals surface area contributed by atoms with E-state index in [2.05, 4.69) is 19.9 Å². The van der Waals surface area contributed by atoms with Crippen molar-refractivity contribution in [3.8, 4) is 0 Å². The van der Waals surface area contributed by atoms with E-state index < -0.39 is 24.0 Å². The molecule has 0 aliphatic heterocycles. The van der Waals surface area contributed by atoms with Crippen LogP contribution in [0.3, 0.4) is 0 Å². The molecule has 0 aromatic carbocycles. The quantitative estimate of drug-likeness (QED) is 0.254. The van der Waals surface area contributed by atoms with Gasteiger partial charge in [0.25, 0.3) is 0 Å². The van der Waals surface area contributed by atoms with E-state index in [1.165, 1.54) is 25.0 Å². The molecule has 2 heterocycles. The van der Waals surface area contributed by atoms with Gasteiger partial charge >= 0.3 is 37.7 Å². The maximum Gasteiger partial charge on any atom is 2.00 e. The van der Waals surface area contributed by atoms with Crippen molar-refractivity contribution in [1.29, 1.82) is 0 Å². The molecule has 0 radical (unpaired) electrons. The Labute approximate surface area is 171 Å². The Morgan fingerprint density at radius 2 is 1.28 bits per heavy atom. The van der Waals surface area contributed by atoms with Crippen molar-refractivity contribution in [1.82, 2.24) is 19.9 Å². The number of nitrogens with one attached hydrogen (secondary N) is 2. The molecule has 2 rings (SSSR count). The van der Waals surface area contributed by atoms with Gasteiger partial charge in [0.05, 0.1) is 24.6 Å². The third-order valence-corrected chi connectivity index (χ3v) is 2.92. The number of rotatable bonds is 8. The fourth-order valence-corrected chi connectivity index (χ4v) is 1.64. The van der Waals surface area contributed by atoms with Gasteiger partial charge in [-0.2, -0.15) is 0 Å². The molecule has 13 heteroatoms. The summed E-state index contributed by atoms with van der Waals surface area (Å²) in [6.07, 6.45) is 6.00. The second kappa shape index (κ2) is 12.8. The summed E-state index contributed by atoms with van der Waals surface area (Å²) < 4.78 is 0. The molecule has 0 bridgehead atoms. The summed E-state index contributed by atoms with van der Waals surface area (Å²) in [5.41, 5.74) is 1.93. The molecule has 0 unspecified atom stereocenters. The molecule has 0 saturated carbocycles. The third-order valence-electron chi connectivity index (χ3n) is 2.92. The predicted octanol–water partition coefficient (Wildman–Crippen LogP) is -6.12. The summed E-state index contributed by atoms with van der Waals surface area (Å²) >= 11 is 0. The number of aromatic amines is 2. The number of carbonyl (C=O) groups is 2. The summed E-state index contributed by atoms with van der Waals surface area (Å²) in [6.45, 7) is 0. The molecule has 2 aromatic rings. The van der Waals surface area contributed by atoms with Crippen molar-refractivity contribution in [2.24, 2.45) is 0 Å². The van der Waals surface area contributed by atoms with E-state index in [9.17, 15) is 30.2 Å². The summed E-state index contributed by atoms with van der Waals surface area (Å²) in [5.74, 6) is -2.72. The first kappa shape index (κ1) is 23.5. The van der Waals surface area contributed by atoms with Crippen LogP contribution in [0.1, 0.15) is 11.4 Å². The smallest absolute Gasteiger partial charge is 0.635 e. The number of aromatic nitrogens is 4. The molecule has 12 nitrogen and oxygen atoms in total. The van der Waals surface area contributed by atoms with Crippen LogP contribution in [0.25, 0.3) is 0 Å². The van der Waals surface area contributed by atoms with Crippen LogP contribution in [-0.2, 0) is 22.4 Å². The summed E-state index contributed by atoms with van der Waals surface area (Å²) in [5, 5.41) is 41.0. The molecule has 6 N–H and O–H groups in total. The van der Waals surface area contributed by atoms with Crippen LogP contribution in [0.5, 0.6) is 0 Å². The van der Waals surface area contributed by atoms with Gasteiger partial charge in [0.15, 0.2) is 0 Å². The van der Waals surface area contributed by atoms with Gasteiger partial charge in [-0.15, -0.1) is 0 Å². The molecule has 25 heavy (non-hydrogen) atoms. The number of quaternary nitrogens is 2. The molecule has 0 spiro atoms. The molecule has 0 amide bonds. The Morgan fingerprint density at radius 1 is 0.920 bits per heavy atom. The fraction of sp³-hybridized carbons (Fsp3) is 0.333. The molecular formula is C12H16CaN6O6. The number of H-pyrrole nitrogens is 2. The topological polar surface area (TPSA) is 217 Å². The van der Waals surface area contributed by atoms with Crippen LogP contribution in [0, 0.1) is 10.4 Å². The van der Waals surface area contributed by atoms with Crippen LogP contribution >= 0.6 is 0 Å². The summed E-state index contributed by atoms with van der Waals surface area (Å²) in [7, 11) is 0. The fourth-order valence-electron chi connectivity index (χ4n) is 1.64. The minimum Gasteiger partial charge on any atom is -0.635 e. The second-order valence-corrected chi connectivity index (χ2v) is 4.69. The SMILES string of the molecule is O=C([O-])[C@H](Cc1cnc[nH]1)[NH2+][O-].O=C([O-])[C@H](Cc1cnc[nH]1)[NH2+][O-].[Ca+2]. The van der Waals surface area contributed by atoms with E-state index in [0.29, 0.717) is 22.3 Å². The maximum atomic E-state index is 10.3. The number of hydrogen-bond donors (Lipinski definition) is 4. The van der Waals surface area contributed by atoms with Gasteiger partial charge in [-0.25, -0.2) is 9.97 Å². The molecular weight excluding hydrogens is 364 g/mol. The Hall–Kier alpha value is -1.54. The van der Waals surface area contributed by atoms with Crippen molar-refractivity contribution in [2.75, 3.05) is 0 Å². The molecule has 0 aliphatic carbocycles. The minimum absolute atomic E-state index is 0. The number of carboxylic acids is 2. The van der Waals surface area contributed by atoms with Gasteiger partial charge in [-0.3, -0.25) is 0 Å².